The number of carbonyl (C=O) groups excluding carboxylic acids is 1. The Labute approximate surface area is 161 Å². The summed E-state index contributed by atoms with van der Waals surface area (Å²) in [7, 11) is 0. The van der Waals surface area contributed by atoms with Gasteiger partial charge in [-0.1, -0.05) is 18.2 Å². The van der Waals surface area contributed by atoms with Gasteiger partial charge >= 0.3 is 0 Å². The number of carbonyl (C=O) groups is 1. The van der Waals surface area contributed by atoms with Crippen molar-refractivity contribution in [3.63, 3.8) is 0 Å². The Hall–Kier alpha value is -2.31. The number of para-hydroxylation sites is 1. The van der Waals surface area contributed by atoms with Crippen LogP contribution in [0.5, 0.6) is 0 Å². The van der Waals surface area contributed by atoms with Gasteiger partial charge in [0.2, 0.25) is 0 Å². The maximum atomic E-state index is 13.1. The van der Waals surface area contributed by atoms with Gasteiger partial charge in [-0.25, -0.2) is 4.39 Å². The highest BCUT2D eigenvalue weighted by Crippen LogP contribution is 2.32. The van der Waals surface area contributed by atoms with Crippen molar-refractivity contribution in [2.75, 3.05) is 13.1 Å². The number of piperidine rings is 1. The number of hydrogen-bond donors (Lipinski definition) is 2. The molecule has 0 unspecified atom stereocenters. The summed E-state index contributed by atoms with van der Waals surface area (Å²) in [6.45, 7) is 1.78. The van der Waals surface area contributed by atoms with Crippen LogP contribution in [-0.2, 0) is 5.75 Å². The average Bonchev–Trinajstić information content (AvgIpc) is 3.07. The zero-order chi connectivity index (χ0) is 18.6. The second-order valence-electron chi connectivity index (χ2n) is 6.67. The highest BCUT2D eigenvalue weighted by atomic mass is 32.2. The highest BCUT2D eigenvalue weighted by Gasteiger charge is 2.23. The fourth-order valence-corrected chi connectivity index (χ4v) is 4.26. The Morgan fingerprint density at radius 2 is 2.04 bits per heavy atom. The molecule has 0 bridgehead atoms. The van der Waals surface area contributed by atoms with Gasteiger partial charge < -0.3 is 15.1 Å². The molecule has 4 rings (SSSR count). The Kier molecular flexibility index (Phi) is 5.45. The first-order valence-corrected chi connectivity index (χ1v) is 10.1. The molecule has 2 N–H and O–H groups in total. The molecule has 0 saturated carbocycles. The summed E-state index contributed by atoms with van der Waals surface area (Å²) >= 11 is 1.56. The number of halogens is 1. The fourth-order valence-electron chi connectivity index (χ4n) is 3.34. The van der Waals surface area contributed by atoms with Crippen LogP contribution in [0, 0.1) is 5.82 Å². The lowest BCUT2D eigenvalue weighted by Crippen LogP contribution is -2.45. The second-order valence-corrected chi connectivity index (χ2v) is 7.71. The number of nitrogens with one attached hydrogen (secondary N) is 2. The lowest BCUT2D eigenvalue weighted by atomic mass is 10.1. The normalized spacial score (nSPS) is 17.1. The molecule has 0 spiro atoms. The van der Waals surface area contributed by atoms with E-state index in [2.05, 4.69) is 10.6 Å². The first-order valence-electron chi connectivity index (χ1n) is 9.11. The summed E-state index contributed by atoms with van der Waals surface area (Å²) in [5, 5.41) is 7.34. The SMILES string of the molecule is O=C(N[C@H]1CCCNC1)c1oc2ccccc2c1CSc1ccc(F)cc1. The number of furan rings is 1. The van der Waals surface area contributed by atoms with E-state index in [1.165, 1.54) is 12.1 Å². The maximum Gasteiger partial charge on any atom is 0.287 e. The van der Waals surface area contributed by atoms with Crippen molar-refractivity contribution in [1.82, 2.24) is 10.6 Å². The molecule has 1 fully saturated rings. The number of benzene rings is 2. The molecule has 4 nitrogen and oxygen atoms in total. The second kappa shape index (κ2) is 8.15. The van der Waals surface area contributed by atoms with Crippen LogP contribution >= 0.6 is 11.8 Å². The minimum Gasteiger partial charge on any atom is -0.451 e. The Balaban J connectivity index is 1.58. The molecule has 0 radical (unpaired) electrons. The Morgan fingerprint density at radius 1 is 1.22 bits per heavy atom. The monoisotopic (exact) mass is 384 g/mol. The molecule has 1 aromatic heterocycles. The summed E-state index contributed by atoms with van der Waals surface area (Å²) < 4.78 is 19.0. The minimum absolute atomic E-state index is 0.122. The van der Waals surface area contributed by atoms with Crippen LogP contribution in [0.2, 0.25) is 0 Å². The van der Waals surface area contributed by atoms with Crippen molar-refractivity contribution in [1.29, 1.82) is 0 Å². The van der Waals surface area contributed by atoms with Gasteiger partial charge in [0.05, 0.1) is 0 Å². The van der Waals surface area contributed by atoms with E-state index in [1.807, 2.05) is 24.3 Å². The summed E-state index contributed by atoms with van der Waals surface area (Å²) in [6, 6.07) is 14.2. The predicted molar refractivity (Wildman–Crippen MR) is 106 cm³/mol. The molecule has 3 aromatic rings. The van der Waals surface area contributed by atoms with E-state index in [9.17, 15) is 9.18 Å². The molecule has 140 valence electrons. The van der Waals surface area contributed by atoms with E-state index in [4.69, 9.17) is 4.42 Å². The molecule has 6 heteroatoms. The lowest BCUT2D eigenvalue weighted by Gasteiger charge is -2.23. The summed E-state index contributed by atoms with van der Waals surface area (Å²) in [5.41, 5.74) is 1.58. The molecule has 27 heavy (non-hydrogen) atoms. The standard InChI is InChI=1S/C21H21FN2O2S/c22-14-7-9-16(10-8-14)27-13-18-17-5-1-2-6-19(17)26-20(18)21(25)24-15-4-3-11-23-12-15/h1-2,5-10,15,23H,3-4,11-13H2,(H,24,25)/t15-/m0/s1. The van der Waals surface area contributed by atoms with Gasteiger partial charge in [-0.3, -0.25) is 4.79 Å². The third kappa shape index (κ3) is 4.17. The third-order valence-electron chi connectivity index (χ3n) is 4.73. The van der Waals surface area contributed by atoms with Gasteiger partial charge in [-0.15, -0.1) is 11.8 Å². The van der Waals surface area contributed by atoms with Gasteiger partial charge in [0.25, 0.3) is 5.91 Å². The number of amides is 1. The van der Waals surface area contributed by atoms with Crippen molar-refractivity contribution in [2.24, 2.45) is 0 Å². The third-order valence-corrected chi connectivity index (χ3v) is 5.77. The van der Waals surface area contributed by atoms with Crippen LogP contribution in [0.3, 0.4) is 0 Å². The van der Waals surface area contributed by atoms with Crippen LogP contribution in [0.15, 0.2) is 57.8 Å². The summed E-state index contributed by atoms with van der Waals surface area (Å²) in [4.78, 5) is 13.8. The van der Waals surface area contributed by atoms with Gasteiger partial charge in [-0.2, -0.15) is 0 Å². The summed E-state index contributed by atoms with van der Waals surface area (Å²) in [5.74, 6) is 0.522. The molecular weight excluding hydrogens is 363 g/mol. The van der Waals surface area contributed by atoms with E-state index < -0.39 is 0 Å². The number of hydrogen-bond acceptors (Lipinski definition) is 4. The first kappa shape index (κ1) is 18.1. The molecule has 1 aliphatic rings. The van der Waals surface area contributed by atoms with E-state index in [-0.39, 0.29) is 17.8 Å². The van der Waals surface area contributed by atoms with Crippen molar-refractivity contribution < 1.29 is 13.6 Å². The molecule has 1 aliphatic heterocycles. The topological polar surface area (TPSA) is 54.3 Å². The minimum atomic E-state index is -0.255. The Morgan fingerprint density at radius 3 is 2.81 bits per heavy atom. The molecule has 1 amide bonds. The van der Waals surface area contributed by atoms with E-state index in [1.54, 1.807) is 23.9 Å². The van der Waals surface area contributed by atoms with Gasteiger partial charge in [-0.05, 0) is 49.7 Å². The van der Waals surface area contributed by atoms with Gasteiger partial charge in [0.15, 0.2) is 5.76 Å². The first-order chi connectivity index (χ1) is 13.2. The van der Waals surface area contributed by atoms with Crippen LogP contribution in [0.1, 0.15) is 29.0 Å². The van der Waals surface area contributed by atoms with Crippen molar-refractivity contribution >= 4 is 28.6 Å². The fraction of sp³-hybridized carbons (Fsp3) is 0.286. The zero-order valence-corrected chi connectivity index (χ0v) is 15.7. The Bertz CT molecular complexity index is 933. The van der Waals surface area contributed by atoms with Crippen LogP contribution < -0.4 is 10.6 Å². The number of fused-ring (bicyclic) bond motifs is 1. The van der Waals surface area contributed by atoms with E-state index >= 15 is 0 Å². The summed E-state index contributed by atoms with van der Waals surface area (Å²) in [6.07, 6.45) is 2.02. The molecule has 2 aromatic carbocycles. The van der Waals surface area contributed by atoms with Crippen molar-refractivity contribution in [3.05, 3.63) is 65.7 Å². The number of rotatable bonds is 5. The smallest absolute Gasteiger partial charge is 0.287 e. The average molecular weight is 384 g/mol. The molecular formula is C21H21FN2O2S. The maximum absolute atomic E-state index is 13.1. The largest absolute Gasteiger partial charge is 0.451 e. The van der Waals surface area contributed by atoms with Crippen LogP contribution in [0.4, 0.5) is 4.39 Å². The van der Waals surface area contributed by atoms with Crippen LogP contribution in [0.25, 0.3) is 11.0 Å². The van der Waals surface area contributed by atoms with Crippen molar-refractivity contribution in [2.45, 2.75) is 29.5 Å². The predicted octanol–water partition coefficient (Wildman–Crippen LogP) is 4.35. The lowest BCUT2D eigenvalue weighted by molar-refractivity contribution is 0.0904. The molecule has 1 saturated heterocycles. The van der Waals surface area contributed by atoms with Gasteiger partial charge in [0.1, 0.15) is 11.4 Å². The molecule has 2 heterocycles. The quantitative estimate of drug-likeness (QED) is 0.643. The molecule has 0 aliphatic carbocycles. The highest BCUT2D eigenvalue weighted by molar-refractivity contribution is 7.98. The number of thioether (sulfide) groups is 1. The van der Waals surface area contributed by atoms with Crippen LogP contribution in [-0.4, -0.2) is 25.0 Å². The van der Waals surface area contributed by atoms with Crippen molar-refractivity contribution in [3.8, 4) is 0 Å². The van der Waals surface area contributed by atoms with Gasteiger partial charge in [0, 0.05) is 34.2 Å². The van der Waals surface area contributed by atoms with E-state index in [0.717, 1.165) is 41.8 Å². The zero-order valence-electron chi connectivity index (χ0n) is 14.8. The molecule has 1 atom stereocenters. The van der Waals surface area contributed by atoms with E-state index in [0.29, 0.717) is 17.1 Å².